The maximum absolute atomic E-state index is 12.4. The Hall–Kier alpha value is -2.01. The SMILES string of the molecule is CC(c1cccnc1)P(=O)(O)OC(C(=O)O)c1ccccc1. The van der Waals surface area contributed by atoms with Crippen molar-refractivity contribution in [3.8, 4) is 0 Å². The monoisotopic (exact) mass is 321 g/mol. The Labute approximate surface area is 127 Å². The standard InChI is InChI=1S/C15H16NO5P/c1-11(13-8-5-9-16-10-13)22(19,20)21-14(15(17)18)12-6-3-2-4-7-12/h2-11,14H,1H3,(H,17,18)(H,19,20). The minimum absolute atomic E-state index is 0.308. The van der Waals surface area contributed by atoms with E-state index in [2.05, 4.69) is 4.98 Å². The number of carbonyl (C=O) groups is 1. The Bertz CT molecular complexity index is 677. The highest BCUT2D eigenvalue weighted by atomic mass is 31.2. The van der Waals surface area contributed by atoms with Crippen molar-refractivity contribution in [2.75, 3.05) is 0 Å². The van der Waals surface area contributed by atoms with Crippen LogP contribution < -0.4 is 0 Å². The van der Waals surface area contributed by atoms with Crippen molar-refractivity contribution in [1.29, 1.82) is 0 Å². The predicted molar refractivity (Wildman–Crippen MR) is 80.4 cm³/mol. The van der Waals surface area contributed by atoms with Gasteiger partial charge in [0.2, 0.25) is 0 Å². The number of carboxylic acid groups (broad SMARTS) is 1. The topological polar surface area (TPSA) is 96.7 Å². The highest BCUT2D eigenvalue weighted by molar-refractivity contribution is 7.53. The fraction of sp³-hybridized carbons (Fsp3) is 0.200. The summed E-state index contributed by atoms with van der Waals surface area (Å²) in [5.41, 5.74) is -0.0695. The molecule has 7 heteroatoms. The third-order valence-corrected chi connectivity index (χ3v) is 5.03. The van der Waals surface area contributed by atoms with Gasteiger partial charge in [0, 0.05) is 12.4 Å². The Morgan fingerprint density at radius 1 is 1.18 bits per heavy atom. The summed E-state index contributed by atoms with van der Waals surface area (Å²) < 4.78 is 17.5. The van der Waals surface area contributed by atoms with Gasteiger partial charge in [-0.2, -0.15) is 0 Å². The Kier molecular flexibility index (Phi) is 5.08. The van der Waals surface area contributed by atoms with Gasteiger partial charge >= 0.3 is 13.6 Å². The van der Waals surface area contributed by atoms with E-state index in [9.17, 15) is 19.4 Å². The molecule has 1 aromatic heterocycles. The van der Waals surface area contributed by atoms with Crippen LogP contribution in [0.5, 0.6) is 0 Å². The first-order valence-corrected chi connectivity index (χ1v) is 8.25. The van der Waals surface area contributed by atoms with Crippen molar-refractivity contribution in [2.24, 2.45) is 0 Å². The molecule has 1 aromatic carbocycles. The van der Waals surface area contributed by atoms with Gasteiger partial charge in [0.1, 0.15) is 0 Å². The molecular formula is C15H16NO5P. The first-order chi connectivity index (χ1) is 10.4. The van der Waals surface area contributed by atoms with Gasteiger partial charge in [0.15, 0.2) is 6.10 Å². The number of hydrogen-bond donors (Lipinski definition) is 2. The van der Waals surface area contributed by atoms with Crippen LogP contribution in [0.25, 0.3) is 0 Å². The van der Waals surface area contributed by atoms with E-state index >= 15 is 0 Å². The number of hydrogen-bond acceptors (Lipinski definition) is 4. The van der Waals surface area contributed by atoms with Crippen molar-refractivity contribution in [1.82, 2.24) is 4.98 Å². The van der Waals surface area contributed by atoms with Gasteiger partial charge in [-0.05, 0) is 24.1 Å². The number of rotatable bonds is 6. The molecule has 0 saturated carbocycles. The van der Waals surface area contributed by atoms with E-state index in [1.54, 1.807) is 36.5 Å². The molecule has 0 saturated heterocycles. The molecule has 3 atom stereocenters. The minimum atomic E-state index is -4.20. The van der Waals surface area contributed by atoms with E-state index in [1.807, 2.05) is 0 Å². The first kappa shape index (κ1) is 16.4. The molecule has 2 N–H and O–H groups in total. The van der Waals surface area contributed by atoms with Gasteiger partial charge in [-0.3, -0.25) is 14.1 Å². The first-order valence-electron chi connectivity index (χ1n) is 6.60. The molecule has 0 aliphatic heterocycles. The van der Waals surface area contributed by atoms with E-state index in [0.717, 1.165) is 0 Å². The van der Waals surface area contributed by atoms with Crippen LogP contribution in [0.1, 0.15) is 29.8 Å². The quantitative estimate of drug-likeness (QED) is 0.793. The molecule has 116 valence electrons. The van der Waals surface area contributed by atoms with E-state index < -0.39 is 25.3 Å². The van der Waals surface area contributed by atoms with Crippen LogP contribution >= 0.6 is 7.60 Å². The Morgan fingerprint density at radius 3 is 2.36 bits per heavy atom. The van der Waals surface area contributed by atoms with Crippen LogP contribution in [0, 0.1) is 0 Å². The average molecular weight is 321 g/mol. The van der Waals surface area contributed by atoms with Gasteiger partial charge in [0.25, 0.3) is 0 Å². The predicted octanol–water partition coefficient (Wildman–Crippen LogP) is 3.17. The average Bonchev–Trinajstić information content (AvgIpc) is 2.53. The van der Waals surface area contributed by atoms with Gasteiger partial charge < -0.3 is 10.00 Å². The summed E-state index contributed by atoms with van der Waals surface area (Å²) in [6.45, 7) is 1.50. The second-order valence-corrected chi connectivity index (χ2v) is 6.87. The van der Waals surface area contributed by atoms with Crippen LogP contribution in [0.15, 0.2) is 54.9 Å². The zero-order chi connectivity index (χ0) is 16.2. The van der Waals surface area contributed by atoms with Gasteiger partial charge in [-0.25, -0.2) is 4.79 Å². The zero-order valence-electron chi connectivity index (χ0n) is 11.9. The van der Waals surface area contributed by atoms with Crippen LogP contribution in [0.2, 0.25) is 0 Å². The molecule has 0 radical (unpaired) electrons. The maximum atomic E-state index is 12.4. The van der Waals surface area contributed by atoms with Crippen molar-refractivity contribution < 1.29 is 23.9 Å². The molecule has 0 amide bonds. The molecule has 6 nitrogen and oxygen atoms in total. The number of pyridine rings is 1. The molecule has 0 spiro atoms. The number of aliphatic carboxylic acids is 1. The number of nitrogens with zero attached hydrogens (tertiary/aromatic N) is 1. The van der Waals surface area contributed by atoms with E-state index in [4.69, 9.17) is 4.52 Å². The van der Waals surface area contributed by atoms with Crippen LogP contribution in [0.3, 0.4) is 0 Å². The molecular weight excluding hydrogens is 305 g/mol. The number of benzene rings is 1. The lowest BCUT2D eigenvalue weighted by Crippen LogP contribution is -2.15. The molecule has 1 heterocycles. The third-order valence-electron chi connectivity index (χ3n) is 3.24. The molecule has 0 aliphatic rings. The lowest BCUT2D eigenvalue weighted by atomic mass is 10.1. The lowest BCUT2D eigenvalue weighted by Gasteiger charge is -2.23. The molecule has 3 unspecified atom stereocenters. The Balaban J connectivity index is 2.25. The molecule has 22 heavy (non-hydrogen) atoms. The summed E-state index contributed by atoms with van der Waals surface area (Å²) in [4.78, 5) is 25.4. The highest BCUT2D eigenvalue weighted by Crippen LogP contribution is 2.58. The van der Waals surface area contributed by atoms with E-state index in [0.29, 0.717) is 11.1 Å². The summed E-state index contributed by atoms with van der Waals surface area (Å²) in [6.07, 6.45) is 1.50. The zero-order valence-corrected chi connectivity index (χ0v) is 12.8. The second kappa shape index (κ2) is 6.83. The molecule has 0 bridgehead atoms. The van der Waals surface area contributed by atoms with Crippen molar-refractivity contribution in [3.05, 3.63) is 66.0 Å². The fourth-order valence-corrected chi connectivity index (χ4v) is 3.16. The summed E-state index contributed by atoms with van der Waals surface area (Å²) in [5.74, 6) is -1.32. The normalized spacial score (nSPS) is 16.5. The number of aromatic nitrogens is 1. The van der Waals surface area contributed by atoms with E-state index in [1.165, 1.54) is 25.3 Å². The van der Waals surface area contributed by atoms with E-state index in [-0.39, 0.29) is 0 Å². The highest BCUT2D eigenvalue weighted by Gasteiger charge is 2.36. The van der Waals surface area contributed by atoms with Gasteiger partial charge in [-0.15, -0.1) is 0 Å². The fourth-order valence-electron chi connectivity index (χ4n) is 1.93. The maximum Gasteiger partial charge on any atom is 0.338 e. The summed E-state index contributed by atoms with van der Waals surface area (Å²) in [5, 5.41) is 9.27. The minimum Gasteiger partial charge on any atom is -0.479 e. The summed E-state index contributed by atoms with van der Waals surface area (Å²) in [6, 6.07) is 11.4. The second-order valence-electron chi connectivity index (χ2n) is 4.76. The summed E-state index contributed by atoms with van der Waals surface area (Å²) >= 11 is 0. The van der Waals surface area contributed by atoms with Crippen LogP contribution in [-0.2, 0) is 13.9 Å². The lowest BCUT2D eigenvalue weighted by molar-refractivity contribution is -0.145. The molecule has 2 aromatic rings. The van der Waals surface area contributed by atoms with Crippen LogP contribution in [0.4, 0.5) is 0 Å². The molecule has 0 aliphatic carbocycles. The Morgan fingerprint density at radius 2 is 1.82 bits per heavy atom. The summed E-state index contributed by atoms with van der Waals surface area (Å²) in [7, 11) is -4.20. The van der Waals surface area contributed by atoms with Crippen molar-refractivity contribution in [3.63, 3.8) is 0 Å². The van der Waals surface area contributed by atoms with Gasteiger partial charge in [0.05, 0.1) is 5.66 Å². The molecule has 0 fully saturated rings. The number of carboxylic acids is 1. The largest absolute Gasteiger partial charge is 0.479 e. The van der Waals surface area contributed by atoms with Crippen LogP contribution in [-0.4, -0.2) is 21.0 Å². The third kappa shape index (κ3) is 3.80. The molecule has 2 rings (SSSR count). The van der Waals surface area contributed by atoms with Gasteiger partial charge in [-0.1, -0.05) is 36.4 Å². The van der Waals surface area contributed by atoms with Crippen molar-refractivity contribution in [2.45, 2.75) is 18.7 Å². The smallest absolute Gasteiger partial charge is 0.338 e. The van der Waals surface area contributed by atoms with Crippen molar-refractivity contribution >= 4 is 13.6 Å².